The van der Waals surface area contributed by atoms with E-state index < -0.39 is 24.0 Å². The van der Waals surface area contributed by atoms with Gasteiger partial charge >= 0.3 is 0 Å². The Morgan fingerprint density at radius 2 is 0.658 bits per heavy atom. The summed E-state index contributed by atoms with van der Waals surface area (Å²) in [6.07, 6.45) is -3.83. The fourth-order valence-corrected chi connectivity index (χ4v) is 4.28. The topological polar surface area (TPSA) is 81.1 Å². The zero-order valence-electron chi connectivity index (χ0n) is 21.1. The molecule has 2 N–H and O–H groups in total. The van der Waals surface area contributed by atoms with E-state index in [1.807, 2.05) is 121 Å². The van der Waals surface area contributed by atoms with Crippen LogP contribution in [0.2, 0.25) is 0 Å². The number of aliphatic hydroxyl groups is 2. The fraction of sp³-hybridized carbons (Fsp3) is 0.188. The Labute approximate surface area is 223 Å². The molecule has 0 spiro atoms. The first-order valence-electron chi connectivity index (χ1n) is 12.6. The molecule has 0 saturated heterocycles. The predicted octanol–water partition coefficient (Wildman–Crippen LogP) is 4.17. The first-order chi connectivity index (χ1) is 18.5. The minimum Gasteiger partial charge on any atom is -0.380 e. The Kier molecular flexibility index (Phi) is 9.40. The molecule has 2 atom stereocenters. The molecule has 0 aliphatic heterocycles. The van der Waals surface area contributed by atoms with Gasteiger partial charge in [-0.25, -0.2) is 0 Å². The zero-order valence-corrected chi connectivity index (χ0v) is 21.1. The summed E-state index contributed by atoms with van der Waals surface area (Å²) in [4.78, 5) is 29.9. The van der Waals surface area contributed by atoms with Gasteiger partial charge in [-0.15, -0.1) is 0 Å². The normalized spacial score (nSPS) is 12.4. The van der Waals surface area contributed by atoms with Crippen LogP contribution in [0, 0.1) is 0 Å². The molecule has 0 aliphatic rings. The Morgan fingerprint density at radius 3 is 0.868 bits per heavy atom. The number of nitrogens with zero attached hydrogens (tertiary/aromatic N) is 2. The van der Waals surface area contributed by atoms with Crippen LogP contribution in [0.5, 0.6) is 0 Å². The lowest BCUT2D eigenvalue weighted by Crippen LogP contribution is -2.51. The van der Waals surface area contributed by atoms with E-state index in [0.717, 1.165) is 22.3 Å². The monoisotopic (exact) mass is 508 g/mol. The molecule has 0 radical (unpaired) electrons. The summed E-state index contributed by atoms with van der Waals surface area (Å²) < 4.78 is 0. The molecule has 6 heteroatoms. The van der Waals surface area contributed by atoms with Gasteiger partial charge in [0.05, 0.1) is 0 Å². The molecule has 4 aromatic carbocycles. The van der Waals surface area contributed by atoms with Crippen LogP contribution in [-0.2, 0) is 35.8 Å². The van der Waals surface area contributed by atoms with Gasteiger partial charge in [0, 0.05) is 26.2 Å². The first-order valence-corrected chi connectivity index (χ1v) is 12.6. The van der Waals surface area contributed by atoms with Crippen LogP contribution in [0.3, 0.4) is 0 Å². The molecular formula is C32H32N2O4. The molecule has 0 bridgehead atoms. The van der Waals surface area contributed by atoms with Crippen molar-refractivity contribution in [3.05, 3.63) is 144 Å². The van der Waals surface area contributed by atoms with Gasteiger partial charge in [0.15, 0.2) is 12.2 Å². The van der Waals surface area contributed by atoms with Crippen LogP contribution >= 0.6 is 0 Å². The largest absolute Gasteiger partial charge is 0.380 e. The highest BCUT2D eigenvalue weighted by molar-refractivity contribution is 5.90. The third-order valence-corrected chi connectivity index (χ3v) is 6.29. The van der Waals surface area contributed by atoms with Crippen LogP contribution in [-0.4, -0.2) is 44.0 Å². The maximum Gasteiger partial charge on any atom is 0.255 e. The van der Waals surface area contributed by atoms with E-state index in [1.165, 1.54) is 9.80 Å². The van der Waals surface area contributed by atoms with E-state index in [0.29, 0.717) is 0 Å². The second-order valence-electron chi connectivity index (χ2n) is 9.22. The smallest absolute Gasteiger partial charge is 0.255 e. The van der Waals surface area contributed by atoms with Gasteiger partial charge in [-0.3, -0.25) is 9.59 Å². The molecule has 2 amide bonds. The summed E-state index contributed by atoms with van der Waals surface area (Å²) in [5.74, 6) is -1.42. The molecule has 0 heterocycles. The van der Waals surface area contributed by atoms with Gasteiger partial charge in [-0.1, -0.05) is 121 Å². The van der Waals surface area contributed by atoms with Gasteiger partial charge < -0.3 is 20.0 Å². The van der Waals surface area contributed by atoms with Crippen LogP contribution in [0.15, 0.2) is 121 Å². The van der Waals surface area contributed by atoms with Gasteiger partial charge in [0.25, 0.3) is 11.8 Å². The predicted molar refractivity (Wildman–Crippen MR) is 146 cm³/mol. The summed E-state index contributed by atoms with van der Waals surface area (Å²) in [5.41, 5.74) is 3.50. The van der Waals surface area contributed by atoms with Crippen molar-refractivity contribution < 1.29 is 19.8 Å². The maximum atomic E-state index is 13.5. The lowest BCUT2D eigenvalue weighted by molar-refractivity contribution is -0.159. The second-order valence-corrected chi connectivity index (χ2v) is 9.22. The van der Waals surface area contributed by atoms with Crippen LogP contribution in [0.25, 0.3) is 0 Å². The maximum absolute atomic E-state index is 13.5. The van der Waals surface area contributed by atoms with E-state index in [4.69, 9.17) is 0 Å². The third-order valence-electron chi connectivity index (χ3n) is 6.29. The molecular weight excluding hydrogens is 476 g/mol. The molecule has 0 saturated carbocycles. The quantitative estimate of drug-likeness (QED) is 0.319. The average Bonchev–Trinajstić information content (AvgIpc) is 2.97. The molecule has 4 aromatic rings. The summed E-state index contributed by atoms with van der Waals surface area (Å²) in [7, 11) is 0. The van der Waals surface area contributed by atoms with Crippen molar-refractivity contribution in [1.29, 1.82) is 0 Å². The van der Waals surface area contributed by atoms with E-state index in [1.54, 1.807) is 0 Å². The summed E-state index contributed by atoms with van der Waals surface area (Å²) >= 11 is 0. The van der Waals surface area contributed by atoms with E-state index in [2.05, 4.69) is 0 Å². The molecule has 0 aliphatic carbocycles. The Balaban J connectivity index is 1.54. The minimum absolute atomic E-state index is 0.226. The molecule has 0 aromatic heterocycles. The lowest BCUT2D eigenvalue weighted by atomic mass is 10.1. The van der Waals surface area contributed by atoms with E-state index >= 15 is 0 Å². The van der Waals surface area contributed by atoms with Crippen molar-refractivity contribution in [1.82, 2.24) is 9.80 Å². The van der Waals surface area contributed by atoms with Crippen LogP contribution in [0.4, 0.5) is 0 Å². The van der Waals surface area contributed by atoms with Crippen molar-refractivity contribution >= 4 is 11.8 Å². The van der Waals surface area contributed by atoms with Crippen molar-refractivity contribution in [3.8, 4) is 0 Å². The van der Waals surface area contributed by atoms with E-state index in [-0.39, 0.29) is 26.2 Å². The number of amides is 2. The number of rotatable bonds is 11. The van der Waals surface area contributed by atoms with Crippen LogP contribution < -0.4 is 0 Å². The van der Waals surface area contributed by atoms with Crippen molar-refractivity contribution in [3.63, 3.8) is 0 Å². The second kappa shape index (κ2) is 13.3. The number of carbonyl (C=O) groups is 2. The minimum atomic E-state index is -1.91. The molecule has 0 unspecified atom stereocenters. The fourth-order valence-electron chi connectivity index (χ4n) is 4.28. The van der Waals surface area contributed by atoms with Crippen molar-refractivity contribution in [2.45, 2.75) is 38.4 Å². The Bertz CT molecular complexity index is 1100. The third kappa shape index (κ3) is 7.38. The highest BCUT2D eigenvalue weighted by Gasteiger charge is 2.36. The number of benzene rings is 4. The highest BCUT2D eigenvalue weighted by atomic mass is 16.3. The number of hydrogen-bond acceptors (Lipinski definition) is 4. The lowest BCUT2D eigenvalue weighted by Gasteiger charge is -2.30. The molecule has 38 heavy (non-hydrogen) atoms. The number of aliphatic hydroxyl groups excluding tert-OH is 2. The molecule has 4 rings (SSSR count). The Hall–Kier alpha value is -4.26. The molecule has 6 nitrogen and oxygen atoms in total. The van der Waals surface area contributed by atoms with Gasteiger partial charge in [0.2, 0.25) is 0 Å². The molecule has 194 valence electrons. The van der Waals surface area contributed by atoms with Gasteiger partial charge in [-0.05, 0) is 22.3 Å². The van der Waals surface area contributed by atoms with Gasteiger partial charge in [-0.2, -0.15) is 0 Å². The molecule has 0 fully saturated rings. The van der Waals surface area contributed by atoms with Crippen molar-refractivity contribution in [2.24, 2.45) is 0 Å². The SMILES string of the molecule is O=C([C@H](O)[C@@H](O)C(=O)N(Cc1ccccc1)Cc1ccccc1)N(Cc1ccccc1)Cc1ccccc1. The average molecular weight is 509 g/mol. The summed E-state index contributed by atoms with van der Waals surface area (Å²) in [5, 5.41) is 22.0. The van der Waals surface area contributed by atoms with E-state index in [9.17, 15) is 19.8 Å². The first kappa shape index (κ1) is 26.8. The highest BCUT2D eigenvalue weighted by Crippen LogP contribution is 2.16. The van der Waals surface area contributed by atoms with Crippen LogP contribution in [0.1, 0.15) is 22.3 Å². The number of carbonyl (C=O) groups excluding carboxylic acids is 2. The van der Waals surface area contributed by atoms with Crippen molar-refractivity contribution in [2.75, 3.05) is 0 Å². The zero-order chi connectivity index (χ0) is 26.7. The Morgan fingerprint density at radius 1 is 0.447 bits per heavy atom. The van der Waals surface area contributed by atoms with Gasteiger partial charge in [0.1, 0.15) is 0 Å². The summed E-state index contributed by atoms with van der Waals surface area (Å²) in [6, 6.07) is 37.7. The number of hydrogen-bond donors (Lipinski definition) is 2. The standard InChI is InChI=1S/C32H32N2O4/c35-29(31(37)33(21-25-13-5-1-6-14-25)22-26-15-7-2-8-16-26)30(36)32(38)34(23-27-17-9-3-10-18-27)24-28-19-11-4-12-20-28/h1-20,29-30,35-36H,21-24H2/t29-,30-/m1/s1. The summed E-state index contributed by atoms with van der Waals surface area (Å²) in [6.45, 7) is 0.906.